The van der Waals surface area contributed by atoms with Crippen molar-refractivity contribution in [3.63, 3.8) is 0 Å². The lowest BCUT2D eigenvalue weighted by Gasteiger charge is -2.23. The minimum Gasteiger partial charge on any atom is -0.311 e. The van der Waals surface area contributed by atoms with Crippen LogP contribution >= 0.6 is 15.9 Å². The van der Waals surface area contributed by atoms with Gasteiger partial charge in [0.1, 0.15) is 0 Å². The smallest absolute Gasteiger partial charge is 0.258 e. The number of nitrogens with zero attached hydrogens (tertiary/aromatic N) is 2. The minimum atomic E-state index is -0.0944. The second-order valence-corrected chi connectivity index (χ2v) is 9.19. The highest BCUT2D eigenvalue weighted by molar-refractivity contribution is 9.10. The summed E-state index contributed by atoms with van der Waals surface area (Å²) in [5, 5.41) is 0. The van der Waals surface area contributed by atoms with Gasteiger partial charge in [-0.2, -0.15) is 0 Å². The van der Waals surface area contributed by atoms with Crippen LogP contribution < -0.4 is 9.80 Å². The van der Waals surface area contributed by atoms with Crippen molar-refractivity contribution in [1.82, 2.24) is 0 Å². The molecule has 0 N–H and O–H groups in total. The molecule has 1 atom stereocenters. The Morgan fingerprint density at radius 3 is 2.21 bits per heavy atom. The molecule has 2 aromatic carbocycles. The Morgan fingerprint density at radius 2 is 1.62 bits per heavy atom. The van der Waals surface area contributed by atoms with E-state index in [0.717, 1.165) is 24.3 Å². The fraction of sp³-hybridized carbons (Fsp3) is 0.417. The first kappa shape index (κ1) is 20.1. The van der Waals surface area contributed by atoms with Gasteiger partial charge in [-0.1, -0.05) is 47.3 Å². The maximum absolute atomic E-state index is 12.9. The number of benzene rings is 2. The number of alkyl halides is 1. The summed E-state index contributed by atoms with van der Waals surface area (Å²) in [6.07, 6.45) is 7.30. The maximum Gasteiger partial charge on any atom is 0.258 e. The molecule has 0 bridgehead atoms. The predicted octanol–water partition coefficient (Wildman–Crippen LogP) is 5.51. The first-order chi connectivity index (χ1) is 14.0. The van der Waals surface area contributed by atoms with Gasteiger partial charge in [-0.25, -0.2) is 0 Å². The standard InChI is InChI=1S/C24H27BrN2O2/c1-26(20-11-13-21(14-12-20)27-16-15-22(25)24(27)29)23(28)19-9-7-18(8-10-19)17-5-3-2-4-6-17/h7-14,17,22H,2-6,15-16H2,1H3. The number of anilines is 2. The molecule has 2 aromatic rings. The van der Waals surface area contributed by atoms with Crippen molar-refractivity contribution in [1.29, 1.82) is 0 Å². The SMILES string of the molecule is CN(C(=O)c1ccc(C2CCCCC2)cc1)c1ccc(N2CCC(Br)C2=O)cc1. The predicted molar refractivity (Wildman–Crippen MR) is 121 cm³/mol. The van der Waals surface area contributed by atoms with Gasteiger partial charge < -0.3 is 9.80 Å². The van der Waals surface area contributed by atoms with E-state index in [1.54, 1.807) is 16.8 Å². The lowest BCUT2D eigenvalue weighted by atomic mass is 9.84. The summed E-state index contributed by atoms with van der Waals surface area (Å²) < 4.78 is 0. The molecule has 152 valence electrons. The minimum absolute atomic E-state index is 0.0225. The number of hydrogen-bond donors (Lipinski definition) is 0. The lowest BCUT2D eigenvalue weighted by molar-refractivity contribution is -0.116. The number of halogens is 1. The Kier molecular flexibility index (Phi) is 6.04. The van der Waals surface area contributed by atoms with E-state index in [1.807, 2.05) is 36.4 Å². The van der Waals surface area contributed by atoms with E-state index < -0.39 is 0 Å². The molecule has 5 heteroatoms. The highest BCUT2D eigenvalue weighted by Gasteiger charge is 2.30. The van der Waals surface area contributed by atoms with Crippen LogP contribution in [0.1, 0.15) is 60.4 Å². The average molecular weight is 455 g/mol. The first-order valence-corrected chi connectivity index (χ1v) is 11.4. The van der Waals surface area contributed by atoms with E-state index in [4.69, 9.17) is 0 Å². The fourth-order valence-electron chi connectivity index (χ4n) is 4.40. The van der Waals surface area contributed by atoms with Crippen molar-refractivity contribution in [2.24, 2.45) is 0 Å². The largest absolute Gasteiger partial charge is 0.311 e. The Balaban J connectivity index is 1.44. The molecule has 0 aromatic heterocycles. The summed E-state index contributed by atoms with van der Waals surface area (Å²) in [7, 11) is 1.79. The number of carbonyl (C=O) groups excluding carboxylic acids is 2. The Labute approximate surface area is 181 Å². The molecule has 0 spiro atoms. The topological polar surface area (TPSA) is 40.6 Å². The highest BCUT2D eigenvalue weighted by Crippen LogP contribution is 2.33. The molecule has 0 radical (unpaired) electrons. The van der Waals surface area contributed by atoms with E-state index in [9.17, 15) is 9.59 Å². The number of rotatable bonds is 4. The van der Waals surface area contributed by atoms with E-state index in [2.05, 4.69) is 28.1 Å². The molecule has 4 nitrogen and oxygen atoms in total. The van der Waals surface area contributed by atoms with Gasteiger partial charge in [0.25, 0.3) is 5.91 Å². The summed E-state index contributed by atoms with van der Waals surface area (Å²) in [4.78, 5) is 28.5. The van der Waals surface area contributed by atoms with Gasteiger partial charge in [-0.3, -0.25) is 9.59 Å². The molecule has 1 aliphatic carbocycles. The van der Waals surface area contributed by atoms with E-state index >= 15 is 0 Å². The third kappa shape index (κ3) is 4.25. The molecule has 29 heavy (non-hydrogen) atoms. The van der Waals surface area contributed by atoms with Crippen molar-refractivity contribution in [3.8, 4) is 0 Å². The van der Waals surface area contributed by atoms with Crippen LogP contribution in [-0.2, 0) is 4.79 Å². The summed E-state index contributed by atoms with van der Waals surface area (Å²) in [6.45, 7) is 0.718. The molecule has 1 saturated carbocycles. The Morgan fingerprint density at radius 1 is 0.966 bits per heavy atom. The zero-order valence-electron chi connectivity index (χ0n) is 16.8. The normalized spacial score (nSPS) is 20.1. The van der Waals surface area contributed by atoms with Crippen LogP contribution in [0.3, 0.4) is 0 Å². The summed E-state index contributed by atoms with van der Waals surface area (Å²) in [6, 6.07) is 15.8. The van der Waals surface area contributed by atoms with E-state index in [1.165, 1.54) is 37.7 Å². The van der Waals surface area contributed by atoms with Crippen LogP contribution in [0.4, 0.5) is 11.4 Å². The highest BCUT2D eigenvalue weighted by atomic mass is 79.9. The van der Waals surface area contributed by atoms with Crippen LogP contribution in [0, 0.1) is 0 Å². The van der Waals surface area contributed by atoms with Gasteiger partial charge in [0.05, 0.1) is 4.83 Å². The number of hydrogen-bond acceptors (Lipinski definition) is 2. The van der Waals surface area contributed by atoms with Crippen LogP contribution in [0.2, 0.25) is 0 Å². The molecule has 2 aliphatic rings. The molecule has 4 rings (SSSR count). The maximum atomic E-state index is 12.9. The van der Waals surface area contributed by atoms with Crippen LogP contribution in [0.25, 0.3) is 0 Å². The number of carbonyl (C=O) groups is 2. The van der Waals surface area contributed by atoms with Crippen molar-refractivity contribution in [2.45, 2.75) is 49.3 Å². The van der Waals surface area contributed by atoms with Crippen molar-refractivity contribution in [2.75, 3.05) is 23.4 Å². The second kappa shape index (κ2) is 8.70. The van der Waals surface area contributed by atoms with Gasteiger partial charge >= 0.3 is 0 Å². The molecule has 2 amide bonds. The molecule has 1 saturated heterocycles. The second-order valence-electron chi connectivity index (χ2n) is 8.08. The molecule has 1 heterocycles. The summed E-state index contributed by atoms with van der Waals surface area (Å²) in [5.74, 6) is 0.719. The zero-order valence-corrected chi connectivity index (χ0v) is 18.4. The van der Waals surface area contributed by atoms with Crippen molar-refractivity contribution >= 4 is 39.1 Å². The van der Waals surface area contributed by atoms with Crippen molar-refractivity contribution in [3.05, 3.63) is 59.7 Å². The lowest BCUT2D eigenvalue weighted by Crippen LogP contribution is -2.28. The van der Waals surface area contributed by atoms with Crippen LogP contribution in [0.5, 0.6) is 0 Å². The van der Waals surface area contributed by atoms with E-state index in [0.29, 0.717) is 11.5 Å². The number of amides is 2. The zero-order chi connectivity index (χ0) is 20.4. The monoisotopic (exact) mass is 454 g/mol. The molecule has 2 fully saturated rings. The first-order valence-electron chi connectivity index (χ1n) is 10.5. The van der Waals surface area contributed by atoms with Crippen molar-refractivity contribution < 1.29 is 9.59 Å². The van der Waals surface area contributed by atoms with Gasteiger partial charge in [-0.15, -0.1) is 0 Å². The molecule has 1 aliphatic heterocycles. The van der Waals surface area contributed by atoms with Gasteiger partial charge in [-0.05, 0) is 67.1 Å². The average Bonchev–Trinajstić information content (AvgIpc) is 3.12. The van der Waals surface area contributed by atoms with Gasteiger partial charge in [0.2, 0.25) is 5.91 Å². The van der Waals surface area contributed by atoms with Gasteiger partial charge in [0.15, 0.2) is 0 Å². The fourth-order valence-corrected chi connectivity index (χ4v) is 4.85. The van der Waals surface area contributed by atoms with E-state index in [-0.39, 0.29) is 16.6 Å². The third-order valence-electron chi connectivity index (χ3n) is 6.23. The molecular formula is C24H27BrN2O2. The van der Waals surface area contributed by atoms with Crippen LogP contribution in [-0.4, -0.2) is 30.2 Å². The quantitative estimate of drug-likeness (QED) is 0.571. The van der Waals surface area contributed by atoms with Gasteiger partial charge in [0, 0.05) is 30.5 Å². The third-order valence-corrected chi connectivity index (χ3v) is 7.08. The molecular weight excluding hydrogens is 428 g/mol. The summed E-state index contributed by atoms with van der Waals surface area (Å²) >= 11 is 3.41. The summed E-state index contributed by atoms with van der Waals surface area (Å²) in [5.41, 5.74) is 3.75. The Bertz CT molecular complexity index is 873. The van der Waals surface area contributed by atoms with Crippen LogP contribution in [0.15, 0.2) is 48.5 Å². The molecule has 1 unspecified atom stereocenters. The Hall–Kier alpha value is -2.14.